The lowest BCUT2D eigenvalue weighted by atomic mass is 9.75. The van der Waals surface area contributed by atoms with Gasteiger partial charge in [0.15, 0.2) is 0 Å². The number of ether oxygens (including phenoxy) is 1. The lowest BCUT2D eigenvalue weighted by Gasteiger charge is -2.40. The van der Waals surface area contributed by atoms with Crippen molar-refractivity contribution in [3.63, 3.8) is 0 Å². The zero-order chi connectivity index (χ0) is 9.19. The normalized spacial score (nSPS) is 35.0. The van der Waals surface area contributed by atoms with Gasteiger partial charge in [-0.1, -0.05) is 34.1 Å². The Balaban J connectivity index is 2.41. The Kier molecular flexibility index (Phi) is 3.16. The van der Waals surface area contributed by atoms with Gasteiger partial charge in [-0.05, 0) is 24.2 Å². The highest BCUT2D eigenvalue weighted by molar-refractivity contribution is 4.82. The maximum Gasteiger partial charge on any atom is 0.0578 e. The third-order valence-electron chi connectivity index (χ3n) is 3.25. The van der Waals surface area contributed by atoms with E-state index in [-0.39, 0.29) is 0 Å². The summed E-state index contributed by atoms with van der Waals surface area (Å²) in [6.45, 7) is 10.1. The van der Waals surface area contributed by atoms with E-state index >= 15 is 0 Å². The molecule has 0 saturated carbocycles. The van der Waals surface area contributed by atoms with Crippen molar-refractivity contribution in [1.29, 1.82) is 0 Å². The van der Waals surface area contributed by atoms with Crippen LogP contribution in [0.15, 0.2) is 0 Å². The molecule has 0 radical (unpaired) electrons. The van der Waals surface area contributed by atoms with Gasteiger partial charge in [-0.2, -0.15) is 0 Å². The summed E-state index contributed by atoms with van der Waals surface area (Å²) in [6, 6.07) is 0. The smallest absolute Gasteiger partial charge is 0.0578 e. The molecule has 1 saturated heterocycles. The molecule has 72 valence electrons. The first-order valence-corrected chi connectivity index (χ1v) is 5.18. The van der Waals surface area contributed by atoms with Crippen LogP contribution in [0.2, 0.25) is 0 Å². The molecule has 0 aromatic rings. The molecule has 1 heterocycles. The minimum Gasteiger partial charge on any atom is -0.378 e. The van der Waals surface area contributed by atoms with Gasteiger partial charge >= 0.3 is 0 Å². The Bertz CT molecular complexity index is 140. The van der Waals surface area contributed by atoms with Crippen LogP contribution in [0.1, 0.15) is 47.0 Å². The zero-order valence-corrected chi connectivity index (χ0v) is 8.89. The molecule has 0 aromatic carbocycles. The lowest BCUT2D eigenvalue weighted by Crippen LogP contribution is -2.38. The van der Waals surface area contributed by atoms with E-state index in [0.29, 0.717) is 11.5 Å². The summed E-state index contributed by atoms with van der Waals surface area (Å²) in [5.74, 6) is 0.808. The van der Waals surface area contributed by atoms with Gasteiger partial charge in [-0.15, -0.1) is 0 Å². The second-order valence-electron chi connectivity index (χ2n) is 4.85. The van der Waals surface area contributed by atoms with Crippen molar-refractivity contribution in [2.45, 2.75) is 53.1 Å². The molecule has 0 aliphatic carbocycles. The minimum atomic E-state index is 0.393. The molecule has 0 spiro atoms. The van der Waals surface area contributed by atoms with Gasteiger partial charge in [0.2, 0.25) is 0 Å². The molecule has 1 nitrogen and oxygen atoms in total. The van der Waals surface area contributed by atoms with Crippen molar-refractivity contribution >= 4 is 0 Å². The predicted molar refractivity (Wildman–Crippen MR) is 52.2 cm³/mol. The first-order chi connectivity index (χ1) is 5.56. The molecule has 0 amide bonds. The van der Waals surface area contributed by atoms with Crippen LogP contribution >= 0.6 is 0 Å². The Labute approximate surface area is 76.5 Å². The van der Waals surface area contributed by atoms with E-state index in [1.807, 2.05) is 0 Å². The predicted octanol–water partition coefficient (Wildman–Crippen LogP) is 3.24. The molecule has 0 bridgehead atoms. The van der Waals surface area contributed by atoms with E-state index in [1.165, 1.54) is 19.3 Å². The fourth-order valence-corrected chi connectivity index (χ4v) is 1.78. The van der Waals surface area contributed by atoms with E-state index in [0.717, 1.165) is 12.5 Å². The van der Waals surface area contributed by atoms with E-state index in [2.05, 4.69) is 27.7 Å². The van der Waals surface area contributed by atoms with Gasteiger partial charge in [0, 0.05) is 0 Å². The largest absolute Gasteiger partial charge is 0.378 e. The van der Waals surface area contributed by atoms with Gasteiger partial charge in [0.1, 0.15) is 0 Å². The highest BCUT2D eigenvalue weighted by Crippen LogP contribution is 2.36. The second-order valence-corrected chi connectivity index (χ2v) is 4.85. The van der Waals surface area contributed by atoms with Crippen molar-refractivity contribution < 1.29 is 4.74 Å². The van der Waals surface area contributed by atoms with E-state index in [1.54, 1.807) is 0 Å². The van der Waals surface area contributed by atoms with Crippen LogP contribution in [0.4, 0.5) is 0 Å². The molecule has 1 fully saturated rings. The number of hydrogen-bond donors (Lipinski definition) is 0. The monoisotopic (exact) mass is 170 g/mol. The average Bonchev–Trinajstić information content (AvgIpc) is 1.98. The fourth-order valence-electron chi connectivity index (χ4n) is 1.78. The molecule has 1 aliphatic heterocycles. The molecule has 0 aromatic heterocycles. The van der Waals surface area contributed by atoms with Crippen molar-refractivity contribution in [2.24, 2.45) is 11.3 Å². The molecule has 2 atom stereocenters. The van der Waals surface area contributed by atoms with E-state index in [4.69, 9.17) is 4.74 Å². The summed E-state index contributed by atoms with van der Waals surface area (Å²) in [5, 5.41) is 0. The van der Waals surface area contributed by atoms with Crippen LogP contribution in [-0.4, -0.2) is 12.7 Å². The molecular formula is C11H22O. The van der Waals surface area contributed by atoms with Gasteiger partial charge in [0.25, 0.3) is 0 Å². The fraction of sp³-hybridized carbons (Fsp3) is 1.00. The summed E-state index contributed by atoms with van der Waals surface area (Å²) < 4.78 is 5.80. The SMILES string of the molecule is CCCC1CC(C)C(C)(C)CO1. The maximum atomic E-state index is 5.80. The summed E-state index contributed by atoms with van der Waals surface area (Å²) in [4.78, 5) is 0. The Morgan fingerprint density at radius 3 is 2.58 bits per heavy atom. The highest BCUT2D eigenvalue weighted by Gasteiger charge is 2.33. The zero-order valence-electron chi connectivity index (χ0n) is 8.89. The van der Waals surface area contributed by atoms with Crippen LogP contribution < -0.4 is 0 Å². The lowest BCUT2D eigenvalue weighted by molar-refractivity contribution is -0.0818. The molecule has 1 aliphatic rings. The van der Waals surface area contributed by atoms with E-state index < -0.39 is 0 Å². The number of rotatable bonds is 2. The average molecular weight is 170 g/mol. The molecule has 1 heteroatoms. The summed E-state index contributed by atoms with van der Waals surface area (Å²) in [6.07, 6.45) is 4.28. The Hall–Kier alpha value is -0.0400. The van der Waals surface area contributed by atoms with Gasteiger partial charge in [0.05, 0.1) is 12.7 Å². The van der Waals surface area contributed by atoms with Crippen LogP contribution in [0.25, 0.3) is 0 Å². The van der Waals surface area contributed by atoms with E-state index in [9.17, 15) is 0 Å². The molecule has 1 rings (SSSR count). The third kappa shape index (κ3) is 2.22. The maximum absolute atomic E-state index is 5.80. The van der Waals surface area contributed by atoms with Crippen molar-refractivity contribution in [2.75, 3.05) is 6.61 Å². The van der Waals surface area contributed by atoms with Crippen LogP contribution in [0, 0.1) is 11.3 Å². The summed E-state index contributed by atoms with van der Waals surface area (Å²) in [5.41, 5.74) is 0.393. The summed E-state index contributed by atoms with van der Waals surface area (Å²) in [7, 11) is 0. The second kappa shape index (κ2) is 3.78. The summed E-state index contributed by atoms with van der Waals surface area (Å²) >= 11 is 0. The molecular weight excluding hydrogens is 148 g/mol. The van der Waals surface area contributed by atoms with Gasteiger partial charge in [-0.25, -0.2) is 0 Å². The van der Waals surface area contributed by atoms with Crippen LogP contribution in [-0.2, 0) is 4.74 Å². The minimum absolute atomic E-state index is 0.393. The first kappa shape index (κ1) is 10.0. The van der Waals surface area contributed by atoms with Gasteiger partial charge in [-0.3, -0.25) is 0 Å². The number of hydrogen-bond acceptors (Lipinski definition) is 1. The van der Waals surface area contributed by atoms with Crippen molar-refractivity contribution in [3.8, 4) is 0 Å². The quantitative estimate of drug-likeness (QED) is 0.618. The van der Waals surface area contributed by atoms with Crippen molar-refractivity contribution in [1.82, 2.24) is 0 Å². The Morgan fingerprint density at radius 1 is 1.42 bits per heavy atom. The van der Waals surface area contributed by atoms with Crippen molar-refractivity contribution in [3.05, 3.63) is 0 Å². The topological polar surface area (TPSA) is 9.23 Å². The van der Waals surface area contributed by atoms with Crippen LogP contribution in [0.3, 0.4) is 0 Å². The Morgan fingerprint density at radius 2 is 2.08 bits per heavy atom. The molecule has 12 heavy (non-hydrogen) atoms. The third-order valence-corrected chi connectivity index (χ3v) is 3.25. The molecule has 0 N–H and O–H groups in total. The molecule has 2 unspecified atom stereocenters. The van der Waals surface area contributed by atoms with Gasteiger partial charge < -0.3 is 4.74 Å². The first-order valence-electron chi connectivity index (χ1n) is 5.18. The standard InChI is InChI=1S/C11H22O/c1-5-6-10-7-9(2)11(3,4)8-12-10/h9-10H,5-8H2,1-4H3. The van der Waals surface area contributed by atoms with Crippen LogP contribution in [0.5, 0.6) is 0 Å². The highest BCUT2D eigenvalue weighted by atomic mass is 16.5.